The topological polar surface area (TPSA) is 29.5 Å². The number of likely N-dealkylation sites (tertiary alicyclic amines) is 1. The number of fused-ring (bicyclic) bond motifs is 1. The third kappa shape index (κ3) is 1.53. The summed E-state index contributed by atoms with van der Waals surface area (Å²) in [6, 6.07) is 2.06. The molecule has 16 heavy (non-hydrogen) atoms. The summed E-state index contributed by atoms with van der Waals surface area (Å²) in [4.78, 5) is 15.0. The maximum absolute atomic E-state index is 11.9. The smallest absolute Gasteiger partial charge is 0.223 e. The molecule has 2 aliphatic heterocycles. The average Bonchev–Trinajstić information content (AvgIpc) is 2.77. The van der Waals surface area contributed by atoms with Crippen molar-refractivity contribution in [1.29, 1.82) is 0 Å². The molecule has 1 aromatic heterocycles. The first kappa shape index (κ1) is 9.90. The van der Waals surface area contributed by atoms with Gasteiger partial charge in [0, 0.05) is 13.0 Å². The molecule has 1 amide bonds. The highest BCUT2D eigenvalue weighted by atomic mass is 32.1. The molecule has 0 spiro atoms. The molecule has 3 heterocycles. The van der Waals surface area contributed by atoms with Gasteiger partial charge in [0.05, 0.1) is 17.2 Å². The molecule has 1 unspecified atom stereocenters. The fourth-order valence-electron chi connectivity index (χ4n) is 2.26. The van der Waals surface area contributed by atoms with Gasteiger partial charge in [-0.05, 0) is 30.4 Å². The number of nitrogens with zero attached hydrogens (tertiary/aromatic N) is 1. The molecule has 84 valence electrons. The van der Waals surface area contributed by atoms with Gasteiger partial charge >= 0.3 is 0 Å². The van der Waals surface area contributed by atoms with Crippen LogP contribution in [0.4, 0.5) is 0 Å². The number of piperidine rings is 1. The zero-order chi connectivity index (χ0) is 11.0. The zero-order valence-electron chi connectivity index (χ0n) is 8.89. The zero-order valence-corrected chi connectivity index (χ0v) is 9.70. The maximum atomic E-state index is 11.9. The van der Waals surface area contributed by atoms with Gasteiger partial charge in [0.15, 0.2) is 0 Å². The monoisotopic (exact) mass is 235 g/mol. The van der Waals surface area contributed by atoms with Crippen LogP contribution in [0.2, 0.25) is 0 Å². The Morgan fingerprint density at radius 2 is 2.38 bits per heavy atom. The van der Waals surface area contributed by atoms with Crippen LogP contribution in [0.15, 0.2) is 23.8 Å². The normalized spacial score (nSPS) is 24.1. The lowest BCUT2D eigenvalue weighted by molar-refractivity contribution is -0.134. The van der Waals surface area contributed by atoms with Crippen LogP contribution < -0.4 is 4.74 Å². The molecule has 0 aromatic carbocycles. The second-order valence-electron chi connectivity index (χ2n) is 4.08. The second-order valence-corrected chi connectivity index (χ2v) is 5.03. The minimum absolute atomic E-state index is 0.0940. The Morgan fingerprint density at radius 1 is 1.44 bits per heavy atom. The molecule has 3 nitrogen and oxygen atoms in total. The predicted molar refractivity (Wildman–Crippen MR) is 62.4 cm³/mol. The summed E-state index contributed by atoms with van der Waals surface area (Å²) in [7, 11) is 0. The Hall–Kier alpha value is -1.29. The molecular weight excluding hydrogens is 222 g/mol. The van der Waals surface area contributed by atoms with Gasteiger partial charge in [-0.2, -0.15) is 0 Å². The summed E-state index contributed by atoms with van der Waals surface area (Å²) in [6.07, 6.45) is 6.49. The maximum Gasteiger partial charge on any atom is 0.223 e. The Labute approximate surface area is 98.3 Å². The van der Waals surface area contributed by atoms with Gasteiger partial charge in [0.1, 0.15) is 5.75 Å². The van der Waals surface area contributed by atoms with Crippen molar-refractivity contribution in [3.05, 3.63) is 28.7 Å². The minimum atomic E-state index is 0.0940. The van der Waals surface area contributed by atoms with E-state index in [1.165, 1.54) is 0 Å². The molecule has 1 aromatic rings. The van der Waals surface area contributed by atoms with Gasteiger partial charge in [-0.15, -0.1) is 11.3 Å². The number of carbonyl (C=O) groups is 1. The highest BCUT2D eigenvalue weighted by Gasteiger charge is 2.30. The summed E-state index contributed by atoms with van der Waals surface area (Å²) >= 11 is 1.66. The Kier molecular flexibility index (Phi) is 2.44. The first-order chi connectivity index (χ1) is 7.86. The minimum Gasteiger partial charge on any atom is -0.464 e. The van der Waals surface area contributed by atoms with E-state index >= 15 is 0 Å². The van der Waals surface area contributed by atoms with Crippen molar-refractivity contribution in [2.45, 2.75) is 25.3 Å². The van der Waals surface area contributed by atoms with E-state index in [1.807, 2.05) is 22.4 Å². The number of ether oxygens (including phenoxy) is 1. The highest BCUT2D eigenvalue weighted by Crippen LogP contribution is 2.39. The van der Waals surface area contributed by atoms with Gasteiger partial charge in [-0.25, -0.2) is 0 Å². The van der Waals surface area contributed by atoms with Crippen LogP contribution in [-0.4, -0.2) is 17.4 Å². The van der Waals surface area contributed by atoms with Crippen molar-refractivity contribution in [2.24, 2.45) is 0 Å². The van der Waals surface area contributed by atoms with E-state index in [2.05, 4.69) is 0 Å². The van der Waals surface area contributed by atoms with Gasteiger partial charge in [0.25, 0.3) is 0 Å². The van der Waals surface area contributed by atoms with Crippen LogP contribution in [0.3, 0.4) is 0 Å². The molecule has 4 heteroatoms. The van der Waals surface area contributed by atoms with Crippen molar-refractivity contribution < 1.29 is 9.53 Å². The van der Waals surface area contributed by atoms with Crippen molar-refractivity contribution >= 4 is 17.2 Å². The van der Waals surface area contributed by atoms with E-state index in [-0.39, 0.29) is 11.9 Å². The molecule has 3 rings (SSSR count). The quantitative estimate of drug-likeness (QED) is 0.749. The van der Waals surface area contributed by atoms with Crippen molar-refractivity contribution in [3.8, 4) is 5.75 Å². The lowest BCUT2D eigenvalue weighted by Crippen LogP contribution is -2.38. The largest absolute Gasteiger partial charge is 0.464 e. The Balaban J connectivity index is 1.92. The molecule has 2 aliphatic rings. The summed E-state index contributed by atoms with van der Waals surface area (Å²) in [5.41, 5.74) is 0. The van der Waals surface area contributed by atoms with Crippen molar-refractivity contribution in [2.75, 3.05) is 6.54 Å². The van der Waals surface area contributed by atoms with Crippen LogP contribution in [0.1, 0.15) is 30.2 Å². The predicted octanol–water partition coefficient (Wildman–Crippen LogP) is 2.71. The first-order valence-corrected chi connectivity index (χ1v) is 6.44. The fourth-order valence-corrected chi connectivity index (χ4v) is 3.18. The number of rotatable bonds is 1. The van der Waals surface area contributed by atoms with E-state index in [1.54, 1.807) is 17.6 Å². The van der Waals surface area contributed by atoms with Crippen molar-refractivity contribution in [1.82, 2.24) is 4.90 Å². The molecule has 1 atom stereocenters. The highest BCUT2D eigenvalue weighted by molar-refractivity contribution is 7.10. The lowest BCUT2D eigenvalue weighted by Gasteiger charge is -2.33. The first-order valence-electron chi connectivity index (χ1n) is 5.56. The number of hydrogen-bond donors (Lipinski definition) is 0. The summed E-state index contributed by atoms with van der Waals surface area (Å²) in [5, 5.41) is 2.01. The fraction of sp³-hybridized carbons (Fsp3) is 0.417. The summed E-state index contributed by atoms with van der Waals surface area (Å²) < 4.78 is 5.41. The summed E-state index contributed by atoms with van der Waals surface area (Å²) in [6.45, 7) is 0.866. The van der Waals surface area contributed by atoms with Crippen molar-refractivity contribution in [3.63, 3.8) is 0 Å². The Morgan fingerprint density at radius 3 is 3.25 bits per heavy atom. The van der Waals surface area contributed by atoms with Gasteiger partial charge < -0.3 is 9.64 Å². The van der Waals surface area contributed by atoms with Crippen LogP contribution in [0.5, 0.6) is 5.75 Å². The van der Waals surface area contributed by atoms with E-state index < -0.39 is 0 Å². The lowest BCUT2D eigenvalue weighted by atomic mass is 10.1. The standard InChI is InChI=1S/C12H13NO2S/c14-11-3-1-2-6-13(11)9-4-7-15-10-5-8-16-12(9)10/h4-5,7-9H,1-3,6H2. The van der Waals surface area contributed by atoms with E-state index in [9.17, 15) is 4.79 Å². The summed E-state index contributed by atoms with van der Waals surface area (Å²) in [5.74, 6) is 1.16. The molecule has 0 radical (unpaired) electrons. The van der Waals surface area contributed by atoms with Crippen LogP contribution in [0, 0.1) is 0 Å². The SMILES string of the molecule is O=C1CCCCN1C1C=COc2ccsc21. The van der Waals surface area contributed by atoms with E-state index in [4.69, 9.17) is 4.74 Å². The second kappa shape index (κ2) is 3.94. The molecule has 1 saturated heterocycles. The number of thiophene rings is 1. The van der Waals surface area contributed by atoms with E-state index in [0.29, 0.717) is 6.42 Å². The third-order valence-corrected chi connectivity index (χ3v) is 4.05. The van der Waals surface area contributed by atoms with Crippen LogP contribution >= 0.6 is 11.3 Å². The third-order valence-electron chi connectivity index (χ3n) is 3.08. The molecular formula is C12H13NO2S. The Bertz CT molecular complexity index is 438. The van der Waals surface area contributed by atoms with Gasteiger partial charge in [0.2, 0.25) is 5.91 Å². The van der Waals surface area contributed by atoms with E-state index in [0.717, 1.165) is 30.0 Å². The number of amides is 1. The van der Waals surface area contributed by atoms with Crippen LogP contribution in [-0.2, 0) is 4.79 Å². The molecule has 0 aliphatic carbocycles. The molecule has 0 N–H and O–H groups in total. The van der Waals surface area contributed by atoms with Gasteiger partial charge in [-0.1, -0.05) is 0 Å². The molecule has 0 bridgehead atoms. The average molecular weight is 235 g/mol. The van der Waals surface area contributed by atoms with Gasteiger partial charge in [-0.3, -0.25) is 4.79 Å². The molecule has 0 saturated carbocycles. The number of hydrogen-bond acceptors (Lipinski definition) is 3. The number of carbonyl (C=O) groups excluding carboxylic acids is 1. The molecule has 1 fully saturated rings. The van der Waals surface area contributed by atoms with Crippen LogP contribution in [0.25, 0.3) is 0 Å².